The van der Waals surface area contributed by atoms with Crippen molar-refractivity contribution in [2.75, 3.05) is 11.9 Å². The molecule has 1 heterocycles. The molecule has 0 amide bonds. The molecule has 1 aromatic rings. The van der Waals surface area contributed by atoms with Gasteiger partial charge in [-0.2, -0.15) is 4.37 Å². The zero-order chi connectivity index (χ0) is 11.5. The molecule has 0 saturated carbocycles. The topological polar surface area (TPSA) is 63.8 Å². The van der Waals surface area contributed by atoms with E-state index in [1.54, 1.807) is 0 Å². The molecule has 3 N–H and O–H groups in total. The van der Waals surface area contributed by atoms with Gasteiger partial charge in [0.15, 0.2) is 0 Å². The monoisotopic (exact) mass is 228 g/mol. The Hall–Kier alpha value is -0.680. The molecule has 5 heteroatoms. The van der Waals surface area contributed by atoms with E-state index in [4.69, 9.17) is 5.73 Å². The van der Waals surface area contributed by atoms with E-state index < -0.39 is 0 Å². The van der Waals surface area contributed by atoms with Crippen LogP contribution in [0, 0.1) is 0 Å². The Labute approximate surface area is 95.5 Å². The van der Waals surface area contributed by atoms with Crippen molar-refractivity contribution in [3.8, 4) is 0 Å². The summed E-state index contributed by atoms with van der Waals surface area (Å²) in [5.74, 6) is 0.889. The van der Waals surface area contributed by atoms with Crippen LogP contribution in [0.3, 0.4) is 0 Å². The quantitative estimate of drug-likeness (QED) is 0.827. The van der Waals surface area contributed by atoms with Gasteiger partial charge in [-0.05, 0) is 6.42 Å². The summed E-state index contributed by atoms with van der Waals surface area (Å²) < 4.78 is 4.32. The van der Waals surface area contributed by atoms with Crippen molar-refractivity contribution in [1.82, 2.24) is 9.36 Å². The fourth-order valence-corrected chi connectivity index (χ4v) is 1.73. The maximum atomic E-state index is 5.81. The number of aromatic nitrogens is 2. The first-order chi connectivity index (χ1) is 6.93. The largest absolute Gasteiger partial charge is 0.359 e. The van der Waals surface area contributed by atoms with Gasteiger partial charge in [-0.25, -0.2) is 4.98 Å². The molecule has 0 aliphatic carbocycles. The molecular weight excluding hydrogens is 208 g/mol. The molecule has 15 heavy (non-hydrogen) atoms. The van der Waals surface area contributed by atoms with E-state index in [0.717, 1.165) is 23.9 Å². The second-order valence-electron chi connectivity index (χ2n) is 4.72. The predicted molar refractivity (Wildman–Crippen MR) is 65.4 cm³/mol. The van der Waals surface area contributed by atoms with Gasteiger partial charge in [0, 0.05) is 29.5 Å². The molecule has 0 spiro atoms. The van der Waals surface area contributed by atoms with E-state index in [1.165, 1.54) is 11.5 Å². The van der Waals surface area contributed by atoms with Crippen LogP contribution < -0.4 is 11.1 Å². The van der Waals surface area contributed by atoms with Crippen molar-refractivity contribution in [3.63, 3.8) is 0 Å². The molecule has 0 bridgehead atoms. The molecule has 86 valence electrons. The fourth-order valence-electron chi connectivity index (χ4n) is 0.963. The zero-order valence-corrected chi connectivity index (χ0v) is 10.7. The van der Waals surface area contributed by atoms with Crippen LogP contribution >= 0.6 is 11.5 Å². The first kappa shape index (κ1) is 12.4. The van der Waals surface area contributed by atoms with Gasteiger partial charge in [0.2, 0.25) is 5.13 Å². The molecule has 4 nitrogen and oxygen atoms in total. The van der Waals surface area contributed by atoms with Crippen LogP contribution in [-0.4, -0.2) is 21.9 Å². The van der Waals surface area contributed by atoms with Crippen LogP contribution in [0.1, 0.15) is 39.9 Å². The Morgan fingerprint density at radius 1 is 1.47 bits per heavy atom. The molecule has 0 aliphatic rings. The van der Waals surface area contributed by atoms with Crippen LogP contribution in [0.5, 0.6) is 0 Å². The van der Waals surface area contributed by atoms with Crippen molar-refractivity contribution in [2.24, 2.45) is 5.73 Å². The smallest absolute Gasteiger partial charge is 0.202 e. The average molecular weight is 228 g/mol. The molecular formula is C10H20N4S. The highest BCUT2D eigenvalue weighted by atomic mass is 32.1. The maximum Gasteiger partial charge on any atom is 0.202 e. The van der Waals surface area contributed by atoms with Gasteiger partial charge < -0.3 is 11.1 Å². The number of hydrogen-bond donors (Lipinski definition) is 2. The first-order valence-electron chi connectivity index (χ1n) is 5.27. The third-order valence-corrected chi connectivity index (χ3v) is 2.81. The van der Waals surface area contributed by atoms with Crippen molar-refractivity contribution >= 4 is 16.7 Å². The minimum atomic E-state index is 0.0172. The normalized spacial score (nSPS) is 13.9. The second-order valence-corrected chi connectivity index (χ2v) is 5.47. The lowest BCUT2D eigenvalue weighted by molar-refractivity contribution is 0.555. The van der Waals surface area contributed by atoms with Crippen LogP contribution in [0.4, 0.5) is 5.13 Å². The molecule has 0 saturated heterocycles. The zero-order valence-electron chi connectivity index (χ0n) is 9.87. The van der Waals surface area contributed by atoms with Crippen LogP contribution in [0.2, 0.25) is 0 Å². The van der Waals surface area contributed by atoms with E-state index >= 15 is 0 Å². The van der Waals surface area contributed by atoms with Crippen molar-refractivity contribution in [2.45, 2.75) is 45.6 Å². The summed E-state index contributed by atoms with van der Waals surface area (Å²) in [6.45, 7) is 9.16. The number of nitrogens with two attached hydrogens (primary N) is 1. The maximum absolute atomic E-state index is 5.81. The Morgan fingerprint density at radius 3 is 2.60 bits per heavy atom. The number of hydrogen-bond acceptors (Lipinski definition) is 5. The van der Waals surface area contributed by atoms with E-state index in [0.29, 0.717) is 0 Å². The molecule has 1 unspecified atom stereocenters. The summed E-state index contributed by atoms with van der Waals surface area (Å²) >= 11 is 1.40. The summed E-state index contributed by atoms with van der Waals surface area (Å²) in [7, 11) is 0. The minimum Gasteiger partial charge on any atom is -0.359 e. The summed E-state index contributed by atoms with van der Waals surface area (Å²) in [5.41, 5.74) is 5.82. The highest BCUT2D eigenvalue weighted by molar-refractivity contribution is 7.09. The van der Waals surface area contributed by atoms with Crippen LogP contribution in [-0.2, 0) is 5.41 Å². The van der Waals surface area contributed by atoms with Gasteiger partial charge in [0.05, 0.1) is 0 Å². The van der Waals surface area contributed by atoms with E-state index in [2.05, 4.69) is 42.4 Å². The van der Waals surface area contributed by atoms with Gasteiger partial charge in [-0.1, -0.05) is 27.7 Å². The molecule has 1 atom stereocenters. The number of nitrogens with one attached hydrogen (secondary N) is 1. The summed E-state index contributed by atoms with van der Waals surface area (Å²) in [5, 5.41) is 4.07. The summed E-state index contributed by atoms with van der Waals surface area (Å²) in [6.07, 6.45) is 0.970. The molecule has 0 radical (unpaired) electrons. The van der Waals surface area contributed by atoms with Gasteiger partial charge in [-0.15, -0.1) is 0 Å². The Morgan fingerprint density at radius 2 is 2.13 bits per heavy atom. The average Bonchev–Trinajstić information content (AvgIpc) is 2.61. The molecule has 1 aromatic heterocycles. The summed E-state index contributed by atoms with van der Waals surface area (Å²) in [4.78, 5) is 4.43. The second kappa shape index (κ2) is 4.90. The van der Waals surface area contributed by atoms with E-state index in [-0.39, 0.29) is 11.5 Å². The molecule has 0 aliphatic heterocycles. The number of nitrogens with zero attached hydrogens (tertiary/aromatic N) is 2. The van der Waals surface area contributed by atoms with Crippen LogP contribution in [0.15, 0.2) is 0 Å². The SMILES string of the molecule is CCC(N)CNc1nc(C(C)(C)C)ns1. The van der Waals surface area contributed by atoms with Crippen molar-refractivity contribution < 1.29 is 0 Å². The van der Waals surface area contributed by atoms with E-state index in [1.807, 2.05) is 0 Å². The Bertz CT molecular complexity index is 303. The van der Waals surface area contributed by atoms with Gasteiger partial charge in [0.25, 0.3) is 0 Å². The standard InChI is InChI=1S/C10H20N4S/c1-5-7(11)6-12-9-13-8(14-15-9)10(2,3)4/h7H,5-6,11H2,1-4H3,(H,12,13,14). The molecule has 0 fully saturated rings. The third kappa shape index (κ3) is 3.76. The molecule has 1 rings (SSSR count). The lowest BCUT2D eigenvalue weighted by Crippen LogP contribution is -2.28. The van der Waals surface area contributed by atoms with Crippen LogP contribution in [0.25, 0.3) is 0 Å². The lowest BCUT2D eigenvalue weighted by atomic mass is 9.96. The molecule has 0 aromatic carbocycles. The van der Waals surface area contributed by atoms with Gasteiger partial charge >= 0.3 is 0 Å². The lowest BCUT2D eigenvalue weighted by Gasteiger charge is -2.12. The summed E-state index contributed by atoms with van der Waals surface area (Å²) in [6, 6.07) is 0.187. The fraction of sp³-hybridized carbons (Fsp3) is 0.800. The first-order valence-corrected chi connectivity index (χ1v) is 6.04. The minimum absolute atomic E-state index is 0.0172. The number of anilines is 1. The predicted octanol–water partition coefficient (Wildman–Crippen LogP) is 1.98. The Balaban J connectivity index is 2.54. The van der Waals surface area contributed by atoms with Crippen molar-refractivity contribution in [3.05, 3.63) is 5.82 Å². The van der Waals surface area contributed by atoms with Gasteiger partial charge in [0.1, 0.15) is 5.82 Å². The third-order valence-electron chi connectivity index (χ3n) is 2.14. The van der Waals surface area contributed by atoms with Crippen molar-refractivity contribution in [1.29, 1.82) is 0 Å². The Kier molecular flexibility index (Phi) is 4.04. The number of rotatable bonds is 4. The van der Waals surface area contributed by atoms with E-state index in [9.17, 15) is 0 Å². The highest BCUT2D eigenvalue weighted by Gasteiger charge is 2.19. The van der Waals surface area contributed by atoms with Gasteiger partial charge in [-0.3, -0.25) is 0 Å². The highest BCUT2D eigenvalue weighted by Crippen LogP contribution is 2.22.